The van der Waals surface area contributed by atoms with Gasteiger partial charge in [0.2, 0.25) is 0 Å². The van der Waals surface area contributed by atoms with Gasteiger partial charge < -0.3 is 9.47 Å². The zero-order chi connectivity index (χ0) is 13.4. The van der Waals surface area contributed by atoms with Crippen LogP contribution in [0.5, 0.6) is 0 Å². The predicted molar refractivity (Wildman–Crippen MR) is 66.8 cm³/mol. The Morgan fingerprint density at radius 3 is 2.67 bits per heavy atom. The molecule has 0 N–H and O–H groups in total. The van der Waals surface area contributed by atoms with Crippen LogP contribution in [-0.4, -0.2) is 25.3 Å². The van der Waals surface area contributed by atoms with Gasteiger partial charge in [-0.05, 0) is 31.9 Å². The van der Waals surface area contributed by atoms with Crippen LogP contribution in [0.25, 0.3) is 0 Å². The van der Waals surface area contributed by atoms with Crippen LogP contribution in [-0.2, 0) is 20.7 Å². The van der Waals surface area contributed by atoms with Crippen LogP contribution in [0, 0.1) is 5.82 Å². The lowest BCUT2D eigenvalue weighted by molar-refractivity contribution is -0.145. The second-order valence-corrected chi connectivity index (χ2v) is 4.23. The van der Waals surface area contributed by atoms with Crippen molar-refractivity contribution < 1.29 is 18.7 Å². The molecule has 0 aliphatic rings. The molecule has 0 aliphatic heterocycles. The van der Waals surface area contributed by atoms with Crippen LogP contribution in [0.15, 0.2) is 24.3 Å². The summed E-state index contributed by atoms with van der Waals surface area (Å²) in [6, 6.07) is 6.43. The molecule has 0 atom stereocenters. The van der Waals surface area contributed by atoms with Gasteiger partial charge in [0.25, 0.3) is 0 Å². The number of halogens is 1. The van der Waals surface area contributed by atoms with Crippen molar-refractivity contribution in [2.24, 2.45) is 0 Å². The number of carbonyl (C=O) groups excluding carboxylic acids is 1. The van der Waals surface area contributed by atoms with Gasteiger partial charge in [-0.25, -0.2) is 4.39 Å². The van der Waals surface area contributed by atoms with Crippen molar-refractivity contribution in [2.45, 2.75) is 32.8 Å². The van der Waals surface area contributed by atoms with E-state index in [0.717, 1.165) is 0 Å². The number of ether oxygens (including phenoxy) is 2. The van der Waals surface area contributed by atoms with E-state index in [0.29, 0.717) is 18.6 Å². The van der Waals surface area contributed by atoms with Gasteiger partial charge in [0.05, 0.1) is 12.7 Å². The van der Waals surface area contributed by atoms with E-state index < -0.39 is 0 Å². The summed E-state index contributed by atoms with van der Waals surface area (Å²) in [5.41, 5.74) is 0.535. The van der Waals surface area contributed by atoms with Gasteiger partial charge in [0, 0.05) is 6.42 Å². The van der Waals surface area contributed by atoms with E-state index in [-0.39, 0.29) is 30.9 Å². The minimum Gasteiger partial charge on any atom is -0.463 e. The number of rotatable bonds is 7. The highest BCUT2D eigenvalue weighted by Crippen LogP contribution is 2.09. The molecule has 0 radical (unpaired) electrons. The Kier molecular flexibility index (Phi) is 6.36. The minimum atomic E-state index is -0.328. The third-order valence-corrected chi connectivity index (χ3v) is 2.35. The number of aryl methyl sites for hydroxylation is 1. The number of hydrogen-bond acceptors (Lipinski definition) is 3. The fraction of sp³-hybridized carbons (Fsp3) is 0.500. The summed E-state index contributed by atoms with van der Waals surface area (Å²) in [5, 5.41) is 0. The van der Waals surface area contributed by atoms with Crippen LogP contribution < -0.4 is 0 Å². The molecule has 1 aromatic carbocycles. The Hall–Kier alpha value is -1.42. The molecule has 4 heteroatoms. The molecule has 0 saturated carbocycles. The second kappa shape index (κ2) is 7.82. The fourth-order valence-corrected chi connectivity index (χ4v) is 1.45. The maximum atomic E-state index is 13.3. The Balaban J connectivity index is 2.19. The summed E-state index contributed by atoms with van der Waals surface area (Å²) in [7, 11) is 0. The Morgan fingerprint density at radius 2 is 2.00 bits per heavy atom. The van der Waals surface area contributed by atoms with Crippen molar-refractivity contribution in [3.8, 4) is 0 Å². The summed E-state index contributed by atoms with van der Waals surface area (Å²) >= 11 is 0. The molecule has 3 nitrogen and oxygen atoms in total. The topological polar surface area (TPSA) is 35.5 Å². The maximum absolute atomic E-state index is 13.3. The maximum Gasteiger partial charge on any atom is 0.306 e. The van der Waals surface area contributed by atoms with E-state index in [1.165, 1.54) is 6.07 Å². The number of hydrogen-bond donors (Lipinski definition) is 0. The lowest BCUT2D eigenvalue weighted by atomic mass is 10.1. The van der Waals surface area contributed by atoms with Crippen molar-refractivity contribution in [1.82, 2.24) is 0 Å². The highest BCUT2D eigenvalue weighted by atomic mass is 19.1. The lowest BCUT2D eigenvalue weighted by Crippen LogP contribution is -2.14. The third-order valence-electron chi connectivity index (χ3n) is 2.35. The van der Waals surface area contributed by atoms with Gasteiger partial charge >= 0.3 is 5.97 Å². The van der Waals surface area contributed by atoms with Crippen LogP contribution in [0.1, 0.15) is 25.8 Å². The molecule has 0 aromatic heterocycles. The zero-order valence-corrected chi connectivity index (χ0v) is 10.8. The molecule has 18 heavy (non-hydrogen) atoms. The van der Waals surface area contributed by atoms with Crippen LogP contribution in [0.2, 0.25) is 0 Å². The summed E-state index contributed by atoms with van der Waals surface area (Å²) in [5.74, 6) is -0.612. The summed E-state index contributed by atoms with van der Waals surface area (Å²) < 4.78 is 23.5. The molecule has 0 aliphatic carbocycles. The first-order valence-corrected chi connectivity index (χ1v) is 6.10. The quantitative estimate of drug-likeness (QED) is 0.554. The molecule has 0 bridgehead atoms. The van der Waals surface area contributed by atoms with Crippen LogP contribution in [0.3, 0.4) is 0 Å². The van der Waals surface area contributed by atoms with Gasteiger partial charge in [-0.15, -0.1) is 0 Å². The molecule has 0 spiro atoms. The van der Waals surface area contributed by atoms with Crippen molar-refractivity contribution in [1.29, 1.82) is 0 Å². The zero-order valence-electron chi connectivity index (χ0n) is 10.8. The first kappa shape index (κ1) is 14.6. The lowest BCUT2D eigenvalue weighted by Gasteiger charge is -2.08. The molecular formula is C14H19FO3. The molecule has 1 rings (SSSR count). The summed E-state index contributed by atoms with van der Waals surface area (Å²) in [6.45, 7) is 4.47. The molecule has 0 unspecified atom stereocenters. The number of esters is 1. The van der Waals surface area contributed by atoms with E-state index in [4.69, 9.17) is 9.47 Å². The number of carbonyl (C=O) groups is 1. The van der Waals surface area contributed by atoms with Gasteiger partial charge in [-0.3, -0.25) is 4.79 Å². The van der Waals surface area contributed by atoms with E-state index >= 15 is 0 Å². The van der Waals surface area contributed by atoms with Crippen LogP contribution >= 0.6 is 0 Å². The molecule has 100 valence electrons. The average Bonchev–Trinajstić information content (AvgIpc) is 2.33. The predicted octanol–water partition coefficient (Wildman–Crippen LogP) is 2.73. The Morgan fingerprint density at radius 1 is 1.28 bits per heavy atom. The van der Waals surface area contributed by atoms with Crippen molar-refractivity contribution in [3.63, 3.8) is 0 Å². The van der Waals surface area contributed by atoms with Crippen molar-refractivity contribution in [2.75, 3.05) is 13.2 Å². The summed E-state index contributed by atoms with van der Waals surface area (Å²) in [4.78, 5) is 11.4. The van der Waals surface area contributed by atoms with E-state index in [1.54, 1.807) is 18.2 Å². The van der Waals surface area contributed by atoms with Gasteiger partial charge in [-0.1, -0.05) is 18.2 Å². The van der Waals surface area contributed by atoms with Gasteiger partial charge in [0.1, 0.15) is 12.4 Å². The van der Waals surface area contributed by atoms with E-state index in [2.05, 4.69) is 0 Å². The molecule has 0 saturated heterocycles. The average molecular weight is 254 g/mol. The second-order valence-electron chi connectivity index (χ2n) is 4.23. The molecule has 0 amide bonds. The fourth-order valence-electron chi connectivity index (χ4n) is 1.45. The van der Waals surface area contributed by atoms with E-state index in [1.807, 2.05) is 13.8 Å². The highest BCUT2D eigenvalue weighted by Gasteiger charge is 2.06. The molecular weight excluding hydrogens is 235 g/mol. The van der Waals surface area contributed by atoms with Gasteiger partial charge in [-0.2, -0.15) is 0 Å². The van der Waals surface area contributed by atoms with Gasteiger partial charge in [0.15, 0.2) is 0 Å². The first-order valence-electron chi connectivity index (χ1n) is 6.10. The van der Waals surface area contributed by atoms with Crippen molar-refractivity contribution in [3.05, 3.63) is 35.6 Å². The molecule has 0 fully saturated rings. The molecule has 1 aromatic rings. The van der Waals surface area contributed by atoms with Crippen LogP contribution in [0.4, 0.5) is 4.39 Å². The van der Waals surface area contributed by atoms with E-state index in [9.17, 15) is 9.18 Å². The SMILES string of the molecule is CC(C)OCCOC(=O)CCc1ccccc1F. The smallest absolute Gasteiger partial charge is 0.306 e. The highest BCUT2D eigenvalue weighted by molar-refractivity contribution is 5.69. The largest absolute Gasteiger partial charge is 0.463 e. The van der Waals surface area contributed by atoms with Crippen molar-refractivity contribution >= 4 is 5.97 Å². The monoisotopic (exact) mass is 254 g/mol. The normalized spacial score (nSPS) is 10.7. The first-order chi connectivity index (χ1) is 8.59. The molecule has 0 heterocycles. The third kappa shape index (κ3) is 5.77. The Labute approximate surface area is 107 Å². The minimum absolute atomic E-state index is 0.127. The Bertz CT molecular complexity index is 377. The number of benzene rings is 1. The summed E-state index contributed by atoms with van der Waals surface area (Å²) in [6.07, 6.45) is 0.668. The standard InChI is InChI=1S/C14H19FO3/c1-11(2)17-9-10-18-14(16)8-7-12-5-3-4-6-13(12)15/h3-6,11H,7-10H2,1-2H3.